The molecule has 0 saturated carbocycles. The standard InChI is InChI=1S/C23H19N5O5S/c1-14(13-30-2)31-18-9-16(21(29)26-23-25-6-7-34-23)10-19(11-18)32-17-5-3-4-15(8-17)22-28-27-20(12-24)33-22/h3-11,14H,13H2,1-2H3,(H,25,26,29). The van der Waals surface area contributed by atoms with Gasteiger partial charge >= 0.3 is 5.89 Å². The van der Waals surface area contributed by atoms with Gasteiger partial charge in [-0.25, -0.2) is 4.98 Å². The second-order valence-corrected chi connectivity index (χ2v) is 7.92. The highest BCUT2D eigenvalue weighted by molar-refractivity contribution is 7.13. The van der Waals surface area contributed by atoms with Crippen molar-refractivity contribution in [1.82, 2.24) is 15.2 Å². The predicted molar refractivity (Wildman–Crippen MR) is 123 cm³/mol. The number of benzene rings is 2. The van der Waals surface area contributed by atoms with E-state index in [0.717, 1.165) is 0 Å². The second-order valence-electron chi connectivity index (χ2n) is 7.02. The van der Waals surface area contributed by atoms with E-state index >= 15 is 0 Å². The molecule has 2 aromatic carbocycles. The first-order chi connectivity index (χ1) is 16.5. The smallest absolute Gasteiger partial charge is 0.321 e. The van der Waals surface area contributed by atoms with Crippen LogP contribution in [0.3, 0.4) is 0 Å². The third-order valence-corrected chi connectivity index (χ3v) is 5.06. The Hall–Kier alpha value is -4.27. The number of nitrogens with one attached hydrogen (secondary N) is 1. The Morgan fingerprint density at radius 3 is 2.79 bits per heavy atom. The highest BCUT2D eigenvalue weighted by Gasteiger charge is 2.15. The Bertz CT molecular complexity index is 1320. The summed E-state index contributed by atoms with van der Waals surface area (Å²) in [6, 6.07) is 13.6. The zero-order valence-electron chi connectivity index (χ0n) is 18.2. The summed E-state index contributed by atoms with van der Waals surface area (Å²) in [5.41, 5.74) is 0.911. The van der Waals surface area contributed by atoms with E-state index in [2.05, 4.69) is 20.5 Å². The summed E-state index contributed by atoms with van der Waals surface area (Å²) >= 11 is 1.31. The number of amides is 1. The quantitative estimate of drug-likeness (QED) is 0.369. The van der Waals surface area contributed by atoms with Crippen LogP contribution in [0, 0.1) is 11.3 Å². The van der Waals surface area contributed by atoms with E-state index < -0.39 is 0 Å². The van der Waals surface area contributed by atoms with Gasteiger partial charge in [0.25, 0.3) is 5.91 Å². The normalized spacial score (nSPS) is 11.4. The van der Waals surface area contributed by atoms with Gasteiger partial charge in [-0.15, -0.1) is 16.4 Å². The topological polar surface area (TPSA) is 132 Å². The number of hydrogen-bond acceptors (Lipinski definition) is 10. The van der Waals surface area contributed by atoms with Crippen LogP contribution in [-0.2, 0) is 4.74 Å². The molecule has 4 rings (SSSR count). The van der Waals surface area contributed by atoms with E-state index in [1.165, 1.54) is 11.3 Å². The predicted octanol–water partition coefficient (Wildman–Crippen LogP) is 4.52. The molecule has 0 aliphatic carbocycles. The molecule has 172 valence electrons. The van der Waals surface area contributed by atoms with E-state index in [4.69, 9.17) is 23.9 Å². The molecule has 0 bridgehead atoms. The van der Waals surface area contributed by atoms with Crippen molar-refractivity contribution in [3.05, 3.63) is 65.5 Å². The summed E-state index contributed by atoms with van der Waals surface area (Å²) in [7, 11) is 1.59. The average Bonchev–Trinajstić information content (AvgIpc) is 3.51. The summed E-state index contributed by atoms with van der Waals surface area (Å²) in [4.78, 5) is 16.9. The lowest BCUT2D eigenvalue weighted by molar-refractivity contribution is 0.0916. The molecule has 1 atom stereocenters. The fraction of sp³-hybridized carbons (Fsp3) is 0.174. The summed E-state index contributed by atoms with van der Waals surface area (Å²) in [5, 5.41) is 21.4. The van der Waals surface area contributed by atoms with E-state index in [-0.39, 0.29) is 23.8 Å². The first kappa shape index (κ1) is 22.9. The molecule has 0 spiro atoms. The van der Waals surface area contributed by atoms with Gasteiger partial charge in [-0.2, -0.15) is 5.26 Å². The Balaban J connectivity index is 1.61. The van der Waals surface area contributed by atoms with Gasteiger partial charge in [-0.3, -0.25) is 10.1 Å². The van der Waals surface area contributed by atoms with Gasteiger partial charge in [0.1, 0.15) is 23.4 Å². The van der Waals surface area contributed by atoms with Crippen molar-refractivity contribution in [3.8, 4) is 34.8 Å². The Kier molecular flexibility index (Phi) is 7.12. The minimum absolute atomic E-state index is 0.132. The van der Waals surface area contributed by atoms with Crippen molar-refractivity contribution in [1.29, 1.82) is 5.26 Å². The van der Waals surface area contributed by atoms with Crippen LogP contribution in [0.2, 0.25) is 0 Å². The van der Waals surface area contributed by atoms with Gasteiger partial charge in [-0.1, -0.05) is 11.2 Å². The lowest BCUT2D eigenvalue weighted by Crippen LogP contribution is -2.18. The van der Waals surface area contributed by atoms with E-state index in [1.807, 2.05) is 6.92 Å². The Labute approximate surface area is 198 Å². The number of hydrogen-bond donors (Lipinski definition) is 1. The second kappa shape index (κ2) is 10.6. The summed E-state index contributed by atoms with van der Waals surface area (Å²) in [5.74, 6) is 0.990. The van der Waals surface area contributed by atoms with Crippen LogP contribution < -0.4 is 14.8 Å². The first-order valence-electron chi connectivity index (χ1n) is 10.1. The zero-order chi connectivity index (χ0) is 23.9. The van der Waals surface area contributed by atoms with Crippen molar-refractivity contribution in [2.24, 2.45) is 0 Å². The SMILES string of the molecule is COCC(C)Oc1cc(Oc2cccc(-c3nnc(C#N)o3)c2)cc(C(=O)Nc2nccs2)c1. The third-order valence-electron chi connectivity index (χ3n) is 4.37. The molecule has 2 heterocycles. The number of ether oxygens (including phenoxy) is 3. The molecule has 34 heavy (non-hydrogen) atoms. The molecular formula is C23H19N5O5S. The summed E-state index contributed by atoms with van der Waals surface area (Å²) in [6.45, 7) is 2.23. The Morgan fingerprint density at radius 1 is 1.21 bits per heavy atom. The van der Waals surface area contributed by atoms with Crippen molar-refractivity contribution in [2.45, 2.75) is 13.0 Å². The number of anilines is 1. The summed E-state index contributed by atoms with van der Waals surface area (Å²) < 4.78 is 22.3. The molecule has 2 aromatic heterocycles. The van der Waals surface area contributed by atoms with Crippen LogP contribution >= 0.6 is 11.3 Å². The monoisotopic (exact) mass is 477 g/mol. The number of nitriles is 1. The molecule has 0 fully saturated rings. The van der Waals surface area contributed by atoms with Gasteiger partial charge in [-0.05, 0) is 37.3 Å². The molecule has 1 amide bonds. The number of nitrogens with zero attached hydrogens (tertiary/aromatic N) is 4. The molecule has 0 radical (unpaired) electrons. The molecular weight excluding hydrogens is 458 g/mol. The zero-order valence-corrected chi connectivity index (χ0v) is 19.0. The third kappa shape index (κ3) is 5.74. The van der Waals surface area contributed by atoms with Crippen LogP contribution in [0.4, 0.5) is 5.13 Å². The lowest BCUT2D eigenvalue weighted by atomic mass is 10.1. The molecule has 11 heteroatoms. The minimum atomic E-state index is -0.353. The number of carbonyl (C=O) groups is 1. The van der Waals surface area contributed by atoms with Crippen LogP contribution in [0.5, 0.6) is 17.2 Å². The fourth-order valence-corrected chi connectivity index (χ4v) is 3.52. The van der Waals surface area contributed by atoms with Crippen LogP contribution in [0.1, 0.15) is 23.2 Å². The van der Waals surface area contributed by atoms with E-state index in [9.17, 15) is 4.79 Å². The molecule has 1 unspecified atom stereocenters. The van der Waals surface area contributed by atoms with Crippen LogP contribution in [-0.4, -0.2) is 40.9 Å². The van der Waals surface area contributed by atoms with Gasteiger partial charge in [0.05, 0.1) is 6.61 Å². The molecule has 0 saturated heterocycles. The number of thiazole rings is 1. The van der Waals surface area contributed by atoms with Gasteiger partial charge < -0.3 is 18.6 Å². The van der Waals surface area contributed by atoms with Crippen molar-refractivity contribution >= 4 is 22.4 Å². The number of methoxy groups -OCH3 is 1. The van der Waals surface area contributed by atoms with Crippen molar-refractivity contribution in [3.63, 3.8) is 0 Å². The van der Waals surface area contributed by atoms with E-state index in [1.54, 1.807) is 67.2 Å². The molecule has 10 nitrogen and oxygen atoms in total. The van der Waals surface area contributed by atoms with Crippen molar-refractivity contribution < 1.29 is 23.4 Å². The van der Waals surface area contributed by atoms with Gasteiger partial charge in [0.15, 0.2) is 11.2 Å². The lowest BCUT2D eigenvalue weighted by Gasteiger charge is -2.16. The Morgan fingerprint density at radius 2 is 2.06 bits per heavy atom. The highest BCUT2D eigenvalue weighted by atomic mass is 32.1. The van der Waals surface area contributed by atoms with Crippen molar-refractivity contribution in [2.75, 3.05) is 19.0 Å². The van der Waals surface area contributed by atoms with Gasteiger partial charge in [0.2, 0.25) is 5.89 Å². The number of carbonyl (C=O) groups excluding carboxylic acids is 1. The minimum Gasteiger partial charge on any atom is -0.488 e. The fourth-order valence-electron chi connectivity index (χ4n) is 3.00. The van der Waals surface area contributed by atoms with Gasteiger partial charge in [0, 0.05) is 35.9 Å². The highest BCUT2D eigenvalue weighted by Crippen LogP contribution is 2.31. The van der Waals surface area contributed by atoms with E-state index in [0.29, 0.717) is 40.1 Å². The first-order valence-corrected chi connectivity index (χ1v) is 11.0. The largest absolute Gasteiger partial charge is 0.488 e. The van der Waals surface area contributed by atoms with Crippen LogP contribution in [0.15, 0.2) is 58.5 Å². The maximum Gasteiger partial charge on any atom is 0.321 e. The number of aromatic nitrogens is 3. The maximum atomic E-state index is 12.8. The summed E-state index contributed by atoms with van der Waals surface area (Å²) in [6.07, 6.45) is 1.36. The molecule has 0 aliphatic heterocycles. The maximum absolute atomic E-state index is 12.8. The average molecular weight is 478 g/mol. The number of rotatable bonds is 9. The molecule has 1 N–H and O–H groups in total. The molecule has 0 aliphatic rings. The van der Waals surface area contributed by atoms with Crippen LogP contribution in [0.25, 0.3) is 11.5 Å². The molecule has 4 aromatic rings.